The van der Waals surface area contributed by atoms with Crippen LogP contribution in [0.25, 0.3) is 0 Å². The number of halogens is 1. The second-order valence-electron chi connectivity index (χ2n) is 3.92. The number of sulfonamides is 1. The van der Waals surface area contributed by atoms with Gasteiger partial charge in [0.1, 0.15) is 11.2 Å². The summed E-state index contributed by atoms with van der Waals surface area (Å²) in [4.78, 5) is 3.82. The van der Waals surface area contributed by atoms with E-state index in [-0.39, 0.29) is 16.5 Å². The van der Waals surface area contributed by atoms with Gasteiger partial charge >= 0.3 is 0 Å². The standard InChI is InChI=1S/C11H10ClN5O2S/c1-17-7-14-11(16-17)6-15-20(18,19)10-3-2-8(5-13)4-9(10)12/h2-4,7,15H,6H2,1H3. The second kappa shape index (κ2) is 5.58. The van der Waals surface area contributed by atoms with E-state index in [1.54, 1.807) is 7.05 Å². The van der Waals surface area contributed by atoms with Gasteiger partial charge in [-0.2, -0.15) is 10.4 Å². The van der Waals surface area contributed by atoms with Crippen molar-refractivity contribution in [2.75, 3.05) is 0 Å². The molecule has 104 valence electrons. The molecule has 20 heavy (non-hydrogen) atoms. The highest BCUT2D eigenvalue weighted by Crippen LogP contribution is 2.22. The first-order valence-corrected chi connectivity index (χ1v) is 7.32. The van der Waals surface area contributed by atoms with Crippen molar-refractivity contribution in [3.05, 3.63) is 40.9 Å². The van der Waals surface area contributed by atoms with Gasteiger partial charge in [0.05, 0.1) is 23.2 Å². The number of aromatic nitrogens is 3. The zero-order valence-electron chi connectivity index (χ0n) is 10.4. The van der Waals surface area contributed by atoms with Gasteiger partial charge in [0.25, 0.3) is 0 Å². The highest BCUT2D eigenvalue weighted by molar-refractivity contribution is 7.89. The monoisotopic (exact) mass is 311 g/mol. The average molecular weight is 312 g/mol. The van der Waals surface area contributed by atoms with Crippen LogP contribution in [0, 0.1) is 11.3 Å². The molecule has 2 aromatic rings. The van der Waals surface area contributed by atoms with Crippen LogP contribution in [-0.4, -0.2) is 23.2 Å². The number of hydrogen-bond acceptors (Lipinski definition) is 5. The molecule has 0 fully saturated rings. The molecule has 0 amide bonds. The van der Waals surface area contributed by atoms with Gasteiger partial charge in [-0.1, -0.05) is 11.6 Å². The first-order valence-electron chi connectivity index (χ1n) is 5.46. The molecule has 0 aliphatic rings. The maximum atomic E-state index is 12.1. The Labute approximate surface area is 120 Å². The molecule has 1 aromatic carbocycles. The van der Waals surface area contributed by atoms with Crippen molar-refractivity contribution in [2.24, 2.45) is 7.05 Å². The molecule has 2 rings (SSSR count). The second-order valence-corrected chi connectivity index (χ2v) is 6.06. The zero-order valence-corrected chi connectivity index (χ0v) is 12.0. The Hall–Kier alpha value is -1.95. The van der Waals surface area contributed by atoms with E-state index in [2.05, 4.69) is 14.8 Å². The molecule has 0 bridgehead atoms. The van der Waals surface area contributed by atoms with Crippen LogP contribution in [0.5, 0.6) is 0 Å². The van der Waals surface area contributed by atoms with Crippen LogP contribution in [0.1, 0.15) is 11.4 Å². The third-order valence-electron chi connectivity index (χ3n) is 2.42. The van der Waals surface area contributed by atoms with Crippen LogP contribution in [0.15, 0.2) is 29.4 Å². The predicted molar refractivity (Wildman–Crippen MR) is 71.2 cm³/mol. The predicted octanol–water partition coefficient (Wildman–Crippen LogP) is 0.819. The fourth-order valence-corrected chi connectivity index (χ4v) is 3.01. The van der Waals surface area contributed by atoms with Gasteiger partial charge in [-0.3, -0.25) is 4.68 Å². The van der Waals surface area contributed by atoms with Gasteiger partial charge in [0.15, 0.2) is 5.82 Å². The van der Waals surface area contributed by atoms with Crippen LogP contribution in [-0.2, 0) is 23.6 Å². The quantitative estimate of drug-likeness (QED) is 0.900. The molecule has 0 saturated carbocycles. The fraction of sp³-hybridized carbons (Fsp3) is 0.182. The summed E-state index contributed by atoms with van der Waals surface area (Å²) < 4.78 is 28.0. The first kappa shape index (κ1) is 14.5. The number of nitriles is 1. The van der Waals surface area contributed by atoms with Crippen LogP contribution < -0.4 is 4.72 Å². The minimum absolute atomic E-state index is 0.00877. The van der Waals surface area contributed by atoms with E-state index in [9.17, 15) is 8.42 Å². The molecule has 1 N–H and O–H groups in total. The van der Waals surface area contributed by atoms with Gasteiger partial charge in [-0.25, -0.2) is 18.1 Å². The fourth-order valence-electron chi connectivity index (χ4n) is 1.49. The summed E-state index contributed by atoms with van der Waals surface area (Å²) >= 11 is 5.87. The molecule has 7 nitrogen and oxygen atoms in total. The first-order chi connectivity index (χ1) is 9.42. The van der Waals surface area contributed by atoms with E-state index in [1.807, 2.05) is 6.07 Å². The lowest BCUT2D eigenvalue weighted by molar-refractivity contribution is 0.578. The Bertz CT molecular complexity index is 778. The summed E-state index contributed by atoms with van der Waals surface area (Å²) in [5.74, 6) is 0.348. The van der Waals surface area contributed by atoms with Crippen molar-refractivity contribution in [2.45, 2.75) is 11.4 Å². The van der Waals surface area contributed by atoms with E-state index in [1.165, 1.54) is 29.2 Å². The van der Waals surface area contributed by atoms with Crippen molar-refractivity contribution in [1.29, 1.82) is 5.26 Å². The molecular weight excluding hydrogens is 302 g/mol. The minimum Gasteiger partial charge on any atom is -0.256 e. The Morgan fingerprint density at radius 3 is 2.80 bits per heavy atom. The Morgan fingerprint density at radius 1 is 1.50 bits per heavy atom. The van der Waals surface area contributed by atoms with Crippen molar-refractivity contribution >= 4 is 21.6 Å². The number of rotatable bonds is 4. The van der Waals surface area contributed by atoms with Crippen molar-refractivity contribution in [3.8, 4) is 6.07 Å². The lowest BCUT2D eigenvalue weighted by atomic mass is 10.2. The highest BCUT2D eigenvalue weighted by Gasteiger charge is 2.18. The van der Waals surface area contributed by atoms with Crippen molar-refractivity contribution in [3.63, 3.8) is 0 Å². The normalized spacial score (nSPS) is 11.2. The minimum atomic E-state index is -3.79. The summed E-state index contributed by atoms with van der Waals surface area (Å²) in [5.41, 5.74) is 0.292. The SMILES string of the molecule is Cn1cnc(CNS(=O)(=O)c2ccc(C#N)cc2Cl)n1. The molecule has 0 aliphatic carbocycles. The molecule has 0 atom stereocenters. The topological polar surface area (TPSA) is 101 Å². The lowest BCUT2D eigenvalue weighted by Gasteiger charge is -2.07. The number of hydrogen-bond donors (Lipinski definition) is 1. The summed E-state index contributed by atoms with van der Waals surface area (Å²) in [6, 6.07) is 5.86. The summed E-state index contributed by atoms with van der Waals surface area (Å²) in [6.07, 6.45) is 1.47. The van der Waals surface area contributed by atoms with E-state index in [4.69, 9.17) is 16.9 Å². The largest absolute Gasteiger partial charge is 0.256 e. The van der Waals surface area contributed by atoms with Crippen LogP contribution in [0.3, 0.4) is 0 Å². The maximum absolute atomic E-state index is 12.1. The smallest absolute Gasteiger partial charge is 0.242 e. The van der Waals surface area contributed by atoms with Crippen LogP contribution >= 0.6 is 11.6 Å². The lowest BCUT2D eigenvalue weighted by Crippen LogP contribution is -2.24. The molecule has 0 saturated heterocycles. The van der Waals surface area contributed by atoms with Crippen LogP contribution in [0.2, 0.25) is 5.02 Å². The van der Waals surface area contributed by atoms with Gasteiger partial charge in [-0.15, -0.1) is 0 Å². The van der Waals surface area contributed by atoms with E-state index in [0.717, 1.165) is 0 Å². The Morgan fingerprint density at radius 2 is 2.25 bits per heavy atom. The third-order valence-corrected chi connectivity index (χ3v) is 4.30. The molecule has 1 aromatic heterocycles. The molecular formula is C11H10ClN5O2S. The maximum Gasteiger partial charge on any atom is 0.242 e. The molecule has 0 aliphatic heterocycles. The third kappa shape index (κ3) is 3.14. The number of benzene rings is 1. The van der Waals surface area contributed by atoms with Gasteiger partial charge in [-0.05, 0) is 18.2 Å². The molecule has 9 heteroatoms. The van der Waals surface area contributed by atoms with E-state index >= 15 is 0 Å². The van der Waals surface area contributed by atoms with E-state index in [0.29, 0.717) is 11.4 Å². The zero-order chi connectivity index (χ0) is 14.8. The van der Waals surface area contributed by atoms with Gasteiger partial charge in [0, 0.05) is 7.05 Å². The number of nitrogens with one attached hydrogen (secondary N) is 1. The van der Waals surface area contributed by atoms with E-state index < -0.39 is 10.0 Å². The summed E-state index contributed by atoms with van der Waals surface area (Å²) in [6.45, 7) is -0.0422. The van der Waals surface area contributed by atoms with Crippen molar-refractivity contribution < 1.29 is 8.42 Å². The molecule has 0 radical (unpaired) electrons. The van der Waals surface area contributed by atoms with Gasteiger partial charge < -0.3 is 0 Å². The summed E-state index contributed by atoms with van der Waals surface area (Å²) in [5, 5.41) is 12.7. The Balaban J connectivity index is 2.20. The molecule has 0 unspecified atom stereocenters. The molecule has 1 heterocycles. The van der Waals surface area contributed by atoms with Crippen molar-refractivity contribution in [1.82, 2.24) is 19.5 Å². The van der Waals surface area contributed by atoms with Crippen LogP contribution in [0.4, 0.5) is 0 Å². The van der Waals surface area contributed by atoms with Gasteiger partial charge in [0.2, 0.25) is 10.0 Å². The average Bonchev–Trinajstić information content (AvgIpc) is 2.82. The number of aryl methyl sites for hydroxylation is 1. The summed E-state index contributed by atoms with van der Waals surface area (Å²) in [7, 11) is -2.10. The number of nitrogens with zero attached hydrogens (tertiary/aromatic N) is 4. The Kier molecular flexibility index (Phi) is 4.04. The molecule has 0 spiro atoms. The highest BCUT2D eigenvalue weighted by atomic mass is 35.5.